The van der Waals surface area contributed by atoms with Gasteiger partial charge in [0.2, 0.25) is 0 Å². The molecule has 0 radical (unpaired) electrons. The van der Waals surface area contributed by atoms with E-state index in [0.717, 1.165) is 49.0 Å². The van der Waals surface area contributed by atoms with E-state index in [9.17, 15) is 51.8 Å². The van der Waals surface area contributed by atoms with Gasteiger partial charge in [0.05, 0.1) is 0 Å². The molecule has 0 saturated carbocycles. The number of likely N-dealkylation sites (N-methyl/N-ethyl adjacent to an activating group) is 1. The van der Waals surface area contributed by atoms with E-state index in [4.69, 9.17) is 0 Å². The topological polar surface area (TPSA) is 6.48 Å². The summed E-state index contributed by atoms with van der Waals surface area (Å²) in [7, 11) is -15.8. The second kappa shape index (κ2) is 14.0. The van der Waals surface area contributed by atoms with Gasteiger partial charge in [-0.05, 0) is 0 Å². The summed E-state index contributed by atoms with van der Waals surface area (Å²) in [5.41, 5.74) is 0. The average Bonchev–Trinajstić information content (AvgIpc) is 2.23. The van der Waals surface area contributed by atoms with Gasteiger partial charge < -0.3 is 51.8 Å². The van der Waals surface area contributed by atoms with Gasteiger partial charge in [0, 0.05) is 0 Å². The summed E-state index contributed by atoms with van der Waals surface area (Å²) >= 11 is 1.02. The Morgan fingerprint density at radius 1 is 0.625 bits per heavy atom. The minimum absolute atomic E-state index is 1.02. The summed E-state index contributed by atoms with van der Waals surface area (Å²) in [4.78, 5) is 4.97. The SMILES string of the molecule is CN1CCN([CH2][K])CC1.F[B-](F)(F)F.F[B-](F)(F)F.F[B-](F)(F)F. The zero-order chi connectivity index (χ0) is 20.2. The van der Waals surface area contributed by atoms with Crippen LogP contribution in [0.3, 0.4) is 0 Å². The van der Waals surface area contributed by atoms with Gasteiger partial charge in [-0.2, -0.15) is 0 Å². The van der Waals surface area contributed by atoms with Gasteiger partial charge in [-0.1, -0.05) is 0 Å². The van der Waals surface area contributed by atoms with Crippen molar-refractivity contribution in [2.24, 2.45) is 0 Å². The second-order valence-corrected chi connectivity index (χ2v) is 5.21. The Labute approximate surface area is 165 Å². The van der Waals surface area contributed by atoms with Crippen molar-refractivity contribution < 1.29 is 51.8 Å². The Balaban J connectivity index is -0.000000259. The van der Waals surface area contributed by atoms with E-state index in [1.807, 2.05) is 0 Å². The van der Waals surface area contributed by atoms with Crippen LogP contribution in [-0.2, 0) is 0 Å². The summed E-state index contributed by atoms with van der Waals surface area (Å²) in [6.07, 6.45) is 0. The molecule has 0 atom stereocenters. The average molecular weight is 413 g/mol. The van der Waals surface area contributed by atoms with Crippen LogP contribution in [0.4, 0.5) is 51.8 Å². The van der Waals surface area contributed by atoms with Gasteiger partial charge in [-0.25, -0.2) is 0 Å². The summed E-state index contributed by atoms with van der Waals surface area (Å²) in [6.45, 7) is 5.16. The Morgan fingerprint density at radius 3 is 1.00 bits per heavy atom. The van der Waals surface area contributed by atoms with Crippen molar-refractivity contribution in [2.45, 2.75) is 0 Å². The first-order valence-corrected chi connectivity index (χ1v) is 8.56. The molecule has 144 valence electrons. The molecule has 18 heteroatoms. The first-order chi connectivity index (χ1) is 10.3. The smallest absolute Gasteiger partial charge is 0.418 e. The van der Waals surface area contributed by atoms with Crippen LogP contribution < -0.4 is 0 Å². The van der Waals surface area contributed by atoms with Crippen LogP contribution in [0, 0.1) is 0 Å². The number of nitrogens with zero attached hydrogens (tertiary/aromatic N) is 2. The van der Waals surface area contributed by atoms with E-state index in [-0.39, 0.29) is 0 Å². The molecule has 1 heterocycles. The molecule has 0 aromatic rings. The minimum atomic E-state index is -6.00. The molecule has 1 aliphatic rings. The molecule has 1 fully saturated rings. The van der Waals surface area contributed by atoms with Gasteiger partial charge in [0.1, 0.15) is 0 Å². The van der Waals surface area contributed by atoms with Crippen molar-refractivity contribution in [2.75, 3.05) is 33.9 Å². The minimum Gasteiger partial charge on any atom is -0.418 e. The van der Waals surface area contributed by atoms with Gasteiger partial charge >= 0.3 is 114 Å². The molecule has 0 N–H and O–H groups in total. The van der Waals surface area contributed by atoms with Crippen molar-refractivity contribution in [3.05, 3.63) is 0 Å². The van der Waals surface area contributed by atoms with Crippen LogP contribution in [0.1, 0.15) is 0 Å². The van der Waals surface area contributed by atoms with Crippen molar-refractivity contribution >= 4 is 70.7 Å². The number of piperazine rings is 1. The van der Waals surface area contributed by atoms with Gasteiger partial charge in [0.25, 0.3) is 0 Å². The molecule has 1 rings (SSSR count). The molecular weight excluding hydrogens is 400 g/mol. The summed E-state index contributed by atoms with van der Waals surface area (Å²) in [6, 6.07) is 0. The second-order valence-electron chi connectivity index (χ2n) is 4.22. The van der Waals surface area contributed by atoms with E-state index in [1.165, 1.54) is 26.8 Å². The predicted octanol–water partition coefficient (Wildman–Crippen LogP) is 3.26. The van der Waals surface area contributed by atoms with Crippen LogP contribution in [0.5, 0.6) is 0 Å². The van der Waals surface area contributed by atoms with Gasteiger partial charge in [-0.3, -0.25) is 0 Å². The Hall–Kier alpha value is 0.911. The van der Waals surface area contributed by atoms with Crippen LogP contribution in [0.15, 0.2) is 0 Å². The molecule has 0 spiro atoms. The molecule has 1 saturated heterocycles. The van der Waals surface area contributed by atoms with Crippen molar-refractivity contribution in [1.29, 1.82) is 0 Å². The monoisotopic (exact) mass is 413 g/mol. The standard InChI is InChI=1S/C6H13N2.3BF4.K/c1-7-3-5-8(2)6-4-7;3*2-1(3,4)5;/h1,3-6H2,2H3;;;;/q;3*-1;. The number of halogens is 12. The van der Waals surface area contributed by atoms with E-state index < -0.39 is 21.8 Å². The molecule has 1 aliphatic heterocycles. The van der Waals surface area contributed by atoms with E-state index >= 15 is 0 Å². The number of hydrogen-bond donors (Lipinski definition) is 0. The fourth-order valence-corrected chi connectivity index (χ4v) is 2.15. The van der Waals surface area contributed by atoms with E-state index in [2.05, 4.69) is 16.8 Å². The number of rotatable bonds is 1. The maximum Gasteiger partial charge on any atom is 0.673 e. The van der Waals surface area contributed by atoms with Crippen molar-refractivity contribution in [3.63, 3.8) is 0 Å². The summed E-state index contributed by atoms with van der Waals surface area (Å²) < 4.78 is 118. The Bertz CT molecular complexity index is 243. The molecule has 0 aliphatic carbocycles. The van der Waals surface area contributed by atoms with Crippen LogP contribution in [0.2, 0.25) is 0 Å². The Kier molecular flexibility index (Phi) is 17.3. The van der Waals surface area contributed by atoms with E-state index in [0.29, 0.717) is 0 Å². The maximum atomic E-state index is 9.75. The van der Waals surface area contributed by atoms with E-state index in [1.54, 1.807) is 0 Å². The first-order valence-electron chi connectivity index (χ1n) is 6.35. The third-order valence-electron chi connectivity index (χ3n) is 2.04. The summed E-state index contributed by atoms with van der Waals surface area (Å²) in [5, 5.41) is 0. The van der Waals surface area contributed by atoms with Crippen LogP contribution >= 0.6 is 0 Å². The zero-order valence-corrected chi connectivity index (χ0v) is 15.8. The van der Waals surface area contributed by atoms with Gasteiger partial charge in [0.15, 0.2) is 0 Å². The Morgan fingerprint density at radius 2 is 0.833 bits per heavy atom. The number of hydrogen-bond acceptors (Lipinski definition) is 2. The fraction of sp³-hybridized carbons (Fsp3) is 1.00. The largest absolute Gasteiger partial charge is 0.673 e. The maximum absolute atomic E-state index is 9.75. The third-order valence-corrected chi connectivity index (χ3v) is 3.44. The zero-order valence-electron chi connectivity index (χ0n) is 12.7. The van der Waals surface area contributed by atoms with Crippen molar-refractivity contribution in [1.82, 2.24) is 9.80 Å². The van der Waals surface area contributed by atoms with Crippen molar-refractivity contribution in [3.8, 4) is 0 Å². The molecule has 0 aromatic carbocycles. The predicted molar refractivity (Wildman–Crippen MR) is 70.2 cm³/mol. The molecule has 2 nitrogen and oxygen atoms in total. The molecule has 24 heavy (non-hydrogen) atoms. The first kappa shape index (κ1) is 29.7. The molecule has 0 amide bonds. The quantitative estimate of drug-likeness (QED) is 0.482. The van der Waals surface area contributed by atoms with Crippen LogP contribution in [0.25, 0.3) is 0 Å². The fourth-order valence-electron chi connectivity index (χ4n) is 1.16. The van der Waals surface area contributed by atoms with Gasteiger partial charge in [-0.15, -0.1) is 0 Å². The third kappa shape index (κ3) is 66.0. The molecule has 0 aromatic heterocycles. The normalized spacial score (nSPS) is 16.8. The van der Waals surface area contributed by atoms with Crippen LogP contribution in [-0.4, -0.2) is 114 Å². The summed E-state index contributed by atoms with van der Waals surface area (Å²) in [5.74, 6) is 0. The molecular formula is C6H13B3F12KN2-3. The molecule has 0 unspecified atom stereocenters. The molecule has 0 bridgehead atoms.